The van der Waals surface area contributed by atoms with Gasteiger partial charge in [-0.3, -0.25) is 0 Å². The first-order valence-electron chi connectivity index (χ1n) is 6.84. The first kappa shape index (κ1) is 14.0. The topological polar surface area (TPSA) is 15.3 Å². The molecular formula is C14H30N2. The summed E-state index contributed by atoms with van der Waals surface area (Å²) in [6.45, 7) is 17.9. The first-order chi connectivity index (χ1) is 7.41. The number of rotatable bonds is 6. The summed E-state index contributed by atoms with van der Waals surface area (Å²) in [4.78, 5) is 2.67. The Labute approximate surface area is 102 Å². The summed E-state index contributed by atoms with van der Waals surface area (Å²) >= 11 is 0. The van der Waals surface area contributed by atoms with Gasteiger partial charge in [-0.05, 0) is 30.2 Å². The number of nitrogens with one attached hydrogen (secondary N) is 1. The van der Waals surface area contributed by atoms with Gasteiger partial charge in [-0.2, -0.15) is 0 Å². The molecule has 0 aliphatic carbocycles. The highest BCUT2D eigenvalue weighted by Crippen LogP contribution is 2.26. The third-order valence-corrected chi connectivity index (χ3v) is 3.31. The largest absolute Gasteiger partial charge is 0.316 e. The minimum Gasteiger partial charge on any atom is -0.316 e. The summed E-state index contributed by atoms with van der Waals surface area (Å²) < 4.78 is 0. The lowest BCUT2D eigenvalue weighted by molar-refractivity contribution is 0.147. The van der Waals surface area contributed by atoms with Gasteiger partial charge in [-0.25, -0.2) is 0 Å². The van der Waals surface area contributed by atoms with E-state index in [1.165, 1.54) is 39.1 Å². The number of hydrogen-bond acceptors (Lipinski definition) is 2. The Balaban J connectivity index is 2.48. The average molecular weight is 226 g/mol. The van der Waals surface area contributed by atoms with Gasteiger partial charge in [0.15, 0.2) is 0 Å². The zero-order valence-corrected chi connectivity index (χ0v) is 11.8. The maximum absolute atomic E-state index is 3.50. The molecule has 0 bridgehead atoms. The van der Waals surface area contributed by atoms with Crippen molar-refractivity contribution < 1.29 is 0 Å². The predicted molar refractivity (Wildman–Crippen MR) is 71.7 cm³/mol. The van der Waals surface area contributed by atoms with Gasteiger partial charge >= 0.3 is 0 Å². The molecule has 1 aliphatic rings. The molecule has 1 rings (SSSR count). The smallest absolute Gasteiger partial charge is 0.00482 e. The number of nitrogens with zero attached hydrogens (tertiary/aromatic N) is 1. The Morgan fingerprint density at radius 2 is 1.69 bits per heavy atom. The van der Waals surface area contributed by atoms with Gasteiger partial charge in [0.2, 0.25) is 0 Å². The second-order valence-electron chi connectivity index (χ2n) is 6.72. The van der Waals surface area contributed by atoms with Crippen LogP contribution < -0.4 is 5.32 Å². The van der Waals surface area contributed by atoms with Crippen LogP contribution >= 0.6 is 0 Å². The molecule has 1 heterocycles. The fourth-order valence-electron chi connectivity index (χ4n) is 2.78. The minimum atomic E-state index is 0.504. The van der Waals surface area contributed by atoms with Crippen LogP contribution in [0, 0.1) is 17.3 Å². The van der Waals surface area contributed by atoms with Crippen LogP contribution in [-0.2, 0) is 0 Å². The molecule has 1 fully saturated rings. The van der Waals surface area contributed by atoms with E-state index in [4.69, 9.17) is 0 Å². The van der Waals surface area contributed by atoms with Crippen LogP contribution in [-0.4, -0.2) is 37.6 Å². The van der Waals surface area contributed by atoms with Crippen LogP contribution in [0.1, 0.15) is 41.0 Å². The van der Waals surface area contributed by atoms with E-state index in [1.807, 2.05) is 0 Å². The molecule has 0 radical (unpaired) electrons. The van der Waals surface area contributed by atoms with Gasteiger partial charge in [0.05, 0.1) is 0 Å². The molecule has 1 saturated heterocycles. The van der Waals surface area contributed by atoms with Crippen LogP contribution in [0.5, 0.6) is 0 Å². The molecule has 1 aliphatic heterocycles. The fraction of sp³-hybridized carbons (Fsp3) is 1.00. The van der Waals surface area contributed by atoms with Crippen LogP contribution in [0.15, 0.2) is 0 Å². The van der Waals surface area contributed by atoms with Gasteiger partial charge < -0.3 is 10.2 Å². The lowest BCUT2D eigenvalue weighted by Gasteiger charge is -2.34. The average Bonchev–Trinajstić information content (AvgIpc) is 2.48. The van der Waals surface area contributed by atoms with E-state index in [9.17, 15) is 0 Å². The highest BCUT2D eigenvalue weighted by Gasteiger charge is 2.30. The second kappa shape index (κ2) is 6.02. The van der Waals surface area contributed by atoms with Gasteiger partial charge in [-0.15, -0.1) is 0 Å². The molecule has 96 valence electrons. The van der Waals surface area contributed by atoms with Crippen LogP contribution in [0.2, 0.25) is 0 Å². The molecule has 0 saturated carbocycles. The highest BCUT2D eigenvalue weighted by atomic mass is 15.1. The van der Waals surface area contributed by atoms with Crippen molar-refractivity contribution in [2.75, 3.05) is 32.7 Å². The Kier molecular flexibility index (Phi) is 5.26. The first-order valence-corrected chi connectivity index (χ1v) is 6.84. The van der Waals surface area contributed by atoms with E-state index in [0.717, 1.165) is 11.8 Å². The van der Waals surface area contributed by atoms with E-state index < -0.39 is 0 Å². The summed E-state index contributed by atoms with van der Waals surface area (Å²) in [5, 5.41) is 3.50. The van der Waals surface area contributed by atoms with Crippen LogP contribution in [0.4, 0.5) is 0 Å². The van der Waals surface area contributed by atoms with Gasteiger partial charge in [-0.1, -0.05) is 34.6 Å². The highest BCUT2D eigenvalue weighted by molar-refractivity contribution is 4.87. The van der Waals surface area contributed by atoms with Gasteiger partial charge in [0, 0.05) is 26.2 Å². The van der Waals surface area contributed by atoms with E-state index in [2.05, 4.69) is 44.8 Å². The molecule has 16 heavy (non-hydrogen) atoms. The molecule has 1 N–H and O–H groups in total. The third kappa shape index (κ3) is 4.84. The van der Waals surface area contributed by atoms with E-state index in [-0.39, 0.29) is 0 Å². The van der Waals surface area contributed by atoms with E-state index in [1.54, 1.807) is 0 Å². The molecule has 0 aromatic rings. The third-order valence-electron chi connectivity index (χ3n) is 3.31. The van der Waals surface area contributed by atoms with Crippen molar-refractivity contribution in [3.8, 4) is 0 Å². The zero-order chi connectivity index (χ0) is 12.2. The SMILES string of the molecule is CC(C)CN(CC(C)C)CC1(C)CCNC1. The molecule has 1 unspecified atom stereocenters. The minimum absolute atomic E-state index is 0.504. The maximum atomic E-state index is 3.50. The second-order valence-corrected chi connectivity index (χ2v) is 6.72. The van der Waals surface area contributed by atoms with E-state index in [0.29, 0.717) is 5.41 Å². The lowest BCUT2D eigenvalue weighted by atomic mass is 9.88. The summed E-state index contributed by atoms with van der Waals surface area (Å²) in [6.07, 6.45) is 1.33. The molecule has 1 atom stereocenters. The normalized spacial score (nSPS) is 26.2. The quantitative estimate of drug-likeness (QED) is 0.749. The van der Waals surface area contributed by atoms with Gasteiger partial charge in [0.1, 0.15) is 0 Å². The number of hydrogen-bond donors (Lipinski definition) is 1. The van der Waals surface area contributed by atoms with Gasteiger partial charge in [0.25, 0.3) is 0 Å². The van der Waals surface area contributed by atoms with E-state index >= 15 is 0 Å². The molecule has 0 aromatic carbocycles. The Morgan fingerprint density at radius 3 is 2.06 bits per heavy atom. The summed E-state index contributed by atoms with van der Waals surface area (Å²) in [5.41, 5.74) is 0.504. The van der Waals surface area contributed by atoms with Crippen molar-refractivity contribution in [2.24, 2.45) is 17.3 Å². The molecule has 0 amide bonds. The maximum Gasteiger partial charge on any atom is 0.00482 e. The van der Waals surface area contributed by atoms with Crippen molar-refractivity contribution in [3.05, 3.63) is 0 Å². The molecule has 0 spiro atoms. The Bertz CT molecular complexity index is 183. The standard InChI is InChI=1S/C14H30N2/c1-12(2)8-16(9-13(3)4)11-14(5)6-7-15-10-14/h12-13,15H,6-11H2,1-5H3. The molecule has 0 aromatic heterocycles. The van der Waals surface area contributed by atoms with Crippen LogP contribution in [0.3, 0.4) is 0 Å². The summed E-state index contributed by atoms with van der Waals surface area (Å²) in [5.74, 6) is 1.55. The Hall–Kier alpha value is -0.0800. The Morgan fingerprint density at radius 1 is 1.12 bits per heavy atom. The van der Waals surface area contributed by atoms with Crippen molar-refractivity contribution in [2.45, 2.75) is 41.0 Å². The monoisotopic (exact) mass is 226 g/mol. The van der Waals surface area contributed by atoms with Crippen molar-refractivity contribution >= 4 is 0 Å². The molecular weight excluding hydrogens is 196 g/mol. The predicted octanol–water partition coefficient (Wildman–Crippen LogP) is 2.60. The van der Waals surface area contributed by atoms with Crippen molar-refractivity contribution in [1.82, 2.24) is 10.2 Å². The lowest BCUT2D eigenvalue weighted by Crippen LogP contribution is -2.41. The van der Waals surface area contributed by atoms with Crippen molar-refractivity contribution in [3.63, 3.8) is 0 Å². The summed E-state index contributed by atoms with van der Waals surface area (Å²) in [7, 11) is 0. The zero-order valence-electron chi connectivity index (χ0n) is 11.8. The van der Waals surface area contributed by atoms with Crippen LogP contribution in [0.25, 0.3) is 0 Å². The summed E-state index contributed by atoms with van der Waals surface area (Å²) in [6, 6.07) is 0. The van der Waals surface area contributed by atoms with Crippen molar-refractivity contribution in [1.29, 1.82) is 0 Å². The molecule has 2 nitrogen and oxygen atoms in total. The molecule has 2 heteroatoms. The fourth-order valence-corrected chi connectivity index (χ4v) is 2.78.